The fourth-order valence-electron chi connectivity index (χ4n) is 4.12. The topological polar surface area (TPSA) is 71.3 Å². The molecule has 1 aromatic heterocycles. The summed E-state index contributed by atoms with van der Waals surface area (Å²) in [6.45, 7) is 17.7. The number of benzene rings is 2. The van der Waals surface area contributed by atoms with E-state index in [1.165, 1.54) is 22.4 Å². The highest BCUT2D eigenvalue weighted by Crippen LogP contribution is 2.37. The maximum Gasteiger partial charge on any atom is 0.161 e. The van der Waals surface area contributed by atoms with Gasteiger partial charge in [-0.1, -0.05) is 66.7 Å². The number of hydrogen-bond acceptors (Lipinski definition) is 4. The minimum Gasteiger partial charge on any atom is -0.493 e. The molecule has 5 nitrogen and oxygen atoms in total. The number of imidazole rings is 1. The zero-order chi connectivity index (χ0) is 25.0. The zero-order valence-electron chi connectivity index (χ0n) is 23.2. The van der Waals surface area contributed by atoms with Crippen molar-refractivity contribution in [2.45, 2.75) is 81.2 Å². The number of aryl methyl sites for hydroxylation is 2. The minimum atomic E-state index is 0. The van der Waals surface area contributed by atoms with Crippen LogP contribution in [0.4, 0.5) is 0 Å². The largest absolute Gasteiger partial charge is 0.493 e. The molecule has 190 valence electrons. The van der Waals surface area contributed by atoms with Gasteiger partial charge in [-0.2, -0.15) is 0 Å². The van der Waals surface area contributed by atoms with Crippen LogP contribution in [-0.4, -0.2) is 23.8 Å². The summed E-state index contributed by atoms with van der Waals surface area (Å²) in [4.78, 5) is 5.21. The summed E-state index contributed by atoms with van der Waals surface area (Å²) in [6.07, 6.45) is 2.90. The number of rotatable bonds is 8. The summed E-state index contributed by atoms with van der Waals surface area (Å²) >= 11 is 0. The van der Waals surface area contributed by atoms with Crippen molar-refractivity contribution in [3.8, 4) is 34.1 Å². The van der Waals surface area contributed by atoms with Gasteiger partial charge >= 0.3 is 0 Å². The van der Waals surface area contributed by atoms with Crippen LogP contribution in [0.5, 0.6) is 11.5 Å². The van der Waals surface area contributed by atoms with E-state index in [2.05, 4.69) is 56.5 Å². The third kappa shape index (κ3) is 6.41. The summed E-state index contributed by atoms with van der Waals surface area (Å²) in [5.74, 6) is 2.53. The maximum atomic E-state index is 5.53. The minimum absolute atomic E-state index is 0. The predicted octanol–water partition coefficient (Wildman–Crippen LogP) is 8.16. The van der Waals surface area contributed by atoms with E-state index in [1.807, 2.05) is 39.8 Å². The molecule has 0 unspecified atom stereocenters. The average molecular weight is 470 g/mol. The van der Waals surface area contributed by atoms with Crippen LogP contribution in [0.25, 0.3) is 22.6 Å². The van der Waals surface area contributed by atoms with Gasteiger partial charge in [0.05, 0.1) is 19.9 Å². The van der Waals surface area contributed by atoms with E-state index in [0.717, 1.165) is 54.4 Å². The Morgan fingerprint density at radius 3 is 1.76 bits per heavy atom. The van der Waals surface area contributed by atoms with Gasteiger partial charge in [-0.25, -0.2) is 4.98 Å². The van der Waals surface area contributed by atoms with E-state index in [9.17, 15) is 0 Å². The normalized spacial score (nSPS) is 9.71. The van der Waals surface area contributed by atoms with Crippen molar-refractivity contribution in [3.05, 3.63) is 53.2 Å². The first-order valence-corrected chi connectivity index (χ1v) is 12.6. The number of hydrogen-bond donors (Lipinski definition) is 1. The van der Waals surface area contributed by atoms with Crippen molar-refractivity contribution in [1.29, 1.82) is 0 Å². The SMILES string of the molecule is CC.CC.CCc1cccc(CC)c1-c1nc(-c2ccc(OC)c(OC)c2)c(CC)n1CC.N. The van der Waals surface area contributed by atoms with E-state index in [0.29, 0.717) is 0 Å². The monoisotopic (exact) mass is 469 g/mol. The van der Waals surface area contributed by atoms with E-state index in [4.69, 9.17) is 14.5 Å². The van der Waals surface area contributed by atoms with Crippen molar-refractivity contribution in [2.24, 2.45) is 0 Å². The molecule has 0 amide bonds. The molecule has 34 heavy (non-hydrogen) atoms. The molecule has 3 aromatic rings. The van der Waals surface area contributed by atoms with Crippen molar-refractivity contribution in [1.82, 2.24) is 15.7 Å². The van der Waals surface area contributed by atoms with Gasteiger partial charge in [-0.15, -0.1) is 0 Å². The van der Waals surface area contributed by atoms with Gasteiger partial charge in [0.2, 0.25) is 0 Å². The Labute approximate surface area is 208 Å². The number of ether oxygens (including phenoxy) is 2. The van der Waals surface area contributed by atoms with E-state index in [-0.39, 0.29) is 6.15 Å². The van der Waals surface area contributed by atoms with Crippen LogP contribution in [0.2, 0.25) is 0 Å². The third-order valence-electron chi connectivity index (χ3n) is 5.60. The molecule has 0 spiro atoms. The molecular weight excluding hydrogens is 422 g/mol. The van der Waals surface area contributed by atoms with E-state index in [1.54, 1.807) is 14.2 Å². The highest BCUT2D eigenvalue weighted by molar-refractivity contribution is 5.73. The molecule has 0 atom stereocenters. The maximum absolute atomic E-state index is 5.53. The molecule has 0 bridgehead atoms. The third-order valence-corrected chi connectivity index (χ3v) is 5.60. The second kappa shape index (κ2) is 15.9. The van der Waals surface area contributed by atoms with Crippen LogP contribution in [0.1, 0.15) is 72.2 Å². The van der Waals surface area contributed by atoms with Crippen molar-refractivity contribution in [2.75, 3.05) is 14.2 Å². The fourth-order valence-corrected chi connectivity index (χ4v) is 4.12. The van der Waals surface area contributed by atoms with Gasteiger partial charge in [0, 0.05) is 23.4 Å². The van der Waals surface area contributed by atoms with Gasteiger partial charge in [-0.05, 0) is 55.5 Å². The Morgan fingerprint density at radius 1 is 0.765 bits per heavy atom. The molecule has 5 heteroatoms. The van der Waals surface area contributed by atoms with E-state index >= 15 is 0 Å². The zero-order valence-corrected chi connectivity index (χ0v) is 23.2. The highest BCUT2D eigenvalue weighted by Gasteiger charge is 2.21. The molecule has 3 rings (SSSR count). The van der Waals surface area contributed by atoms with Crippen molar-refractivity contribution in [3.63, 3.8) is 0 Å². The van der Waals surface area contributed by atoms with Gasteiger partial charge in [0.25, 0.3) is 0 Å². The van der Waals surface area contributed by atoms with Crippen LogP contribution in [0.15, 0.2) is 36.4 Å². The summed E-state index contributed by atoms with van der Waals surface area (Å²) in [6, 6.07) is 12.7. The van der Waals surface area contributed by atoms with Crippen LogP contribution >= 0.6 is 0 Å². The second-order valence-electron chi connectivity index (χ2n) is 7.06. The molecule has 0 aliphatic carbocycles. The molecule has 0 aliphatic heterocycles. The number of nitrogens with zero attached hydrogens (tertiary/aromatic N) is 2. The molecule has 3 N–H and O–H groups in total. The average Bonchev–Trinajstić information content (AvgIpc) is 3.28. The lowest BCUT2D eigenvalue weighted by molar-refractivity contribution is 0.355. The summed E-state index contributed by atoms with van der Waals surface area (Å²) in [7, 11) is 3.33. The fraction of sp³-hybridized carbons (Fsp3) is 0.483. The quantitative estimate of drug-likeness (QED) is 0.361. The molecule has 2 aromatic carbocycles. The number of methoxy groups -OCH3 is 2. The Kier molecular flexibility index (Phi) is 14.6. The standard InChI is InChI=1S/C25H32N2O2.2C2H6.H3N/c1-7-17-12-11-13-18(8-2)23(17)25-26-24(20(9-3)27(25)10-4)19-14-15-21(28-5)22(16-19)29-6;2*1-2;/h11-16H,7-10H2,1-6H3;2*1-2H3;1H3. The summed E-state index contributed by atoms with van der Waals surface area (Å²) < 4.78 is 13.3. The van der Waals surface area contributed by atoms with Crippen LogP contribution in [-0.2, 0) is 25.8 Å². The first kappa shape index (κ1) is 31.2. The Bertz CT molecular complexity index is 971. The van der Waals surface area contributed by atoms with Crippen molar-refractivity contribution < 1.29 is 9.47 Å². The Balaban J connectivity index is 0.00000207. The van der Waals surface area contributed by atoms with Crippen LogP contribution in [0, 0.1) is 0 Å². The molecule has 0 aliphatic rings. The Hall–Kier alpha value is -2.79. The molecule has 0 fully saturated rings. The molecular formula is C29H47N3O2. The lowest BCUT2D eigenvalue weighted by atomic mass is 9.97. The van der Waals surface area contributed by atoms with Gasteiger partial charge in [-0.3, -0.25) is 0 Å². The Morgan fingerprint density at radius 2 is 1.32 bits per heavy atom. The predicted molar refractivity (Wildman–Crippen MR) is 148 cm³/mol. The molecule has 0 saturated carbocycles. The second-order valence-corrected chi connectivity index (χ2v) is 7.06. The lowest BCUT2D eigenvalue weighted by Crippen LogP contribution is -2.05. The van der Waals surface area contributed by atoms with E-state index < -0.39 is 0 Å². The first-order valence-electron chi connectivity index (χ1n) is 12.6. The first-order chi connectivity index (χ1) is 16.1. The highest BCUT2D eigenvalue weighted by atomic mass is 16.5. The summed E-state index contributed by atoms with van der Waals surface area (Å²) in [5, 5.41) is 0. The lowest BCUT2D eigenvalue weighted by Gasteiger charge is -2.15. The number of aromatic nitrogens is 2. The van der Waals surface area contributed by atoms with Crippen LogP contribution in [0.3, 0.4) is 0 Å². The van der Waals surface area contributed by atoms with Gasteiger partial charge < -0.3 is 20.2 Å². The van der Waals surface area contributed by atoms with Crippen LogP contribution < -0.4 is 15.6 Å². The van der Waals surface area contributed by atoms with Crippen molar-refractivity contribution >= 4 is 0 Å². The van der Waals surface area contributed by atoms with Gasteiger partial charge in [0.1, 0.15) is 5.82 Å². The smallest absolute Gasteiger partial charge is 0.161 e. The molecule has 1 heterocycles. The summed E-state index contributed by atoms with van der Waals surface area (Å²) in [5.41, 5.74) is 7.33. The van der Waals surface area contributed by atoms with Gasteiger partial charge in [0.15, 0.2) is 11.5 Å². The molecule has 0 saturated heterocycles. The molecule has 0 radical (unpaired) electrons.